The van der Waals surface area contributed by atoms with Crippen molar-refractivity contribution < 1.29 is 0 Å². The molecule has 0 radical (unpaired) electrons. The highest BCUT2D eigenvalue weighted by Gasteiger charge is 2.05. The normalized spacial score (nSPS) is 10.8. The van der Waals surface area contributed by atoms with E-state index in [1.54, 1.807) is 11.8 Å². The van der Waals surface area contributed by atoms with Crippen LogP contribution in [-0.2, 0) is 6.54 Å². The summed E-state index contributed by atoms with van der Waals surface area (Å²) in [6.45, 7) is 4.09. The van der Waals surface area contributed by atoms with Crippen LogP contribution in [0.2, 0.25) is 10.0 Å². The number of nitrogens with one attached hydrogen (secondary N) is 1. The van der Waals surface area contributed by atoms with Gasteiger partial charge in [-0.15, -0.1) is 0 Å². The molecule has 2 aromatic rings. The Labute approximate surface area is 134 Å². The molecule has 0 aliphatic rings. The highest BCUT2D eigenvalue weighted by Crippen LogP contribution is 2.34. The third-order valence-corrected chi connectivity index (χ3v) is 4.68. The fourth-order valence-corrected chi connectivity index (χ4v) is 3.16. The van der Waals surface area contributed by atoms with Gasteiger partial charge in [-0.1, -0.05) is 60.1 Å². The fraction of sp³-hybridized carbons (Fsp3) is 0.250. The summed E-state index contributed by atoms with van der Waals surface area (Å²) in [5.74, 6) is 0. The summed E-state index contributed by atoms with van der Waals surface area (Å²) in [6.07, 6.45) is 1.14. The van der Waals surface area contributed by atoms with Crippen LogP contribution in [-0.4, -0.2) is 6.54 Å². The van der Waals surface area contributed by atoms with E-state index in [2.05, 4.69) is 36.5 Å². The molecule has 0 bridgehead atoms. The first-order valence-corrected chi connectivity index (χ1v) is 8.19. The lowest BCUT2D eigenvalue weighted by Gasteiger charge is -2.10. The molecule has 2 aromatic carbocycles. The molecule has 0 heterocycles. The molecule has 0 aliphatic carbocycles. The molecule has 2 rings (SSSR count). The van der Waals surface area contributed by atoms with Crippen molar-refractivity contribution in [2.75, 3.05) is 6.54 Å². The number of rotatable bonds is 6. The molecule has 0 aromatic heterocycles. The van der Waals surface area contributed by atoms with Crippen LogP contribution in [0.4, 0.5) is 0 Å². The van der Waals surface area contributed by atoms with Crippen molar-refractivity contribution in [3.05, 3.63) is 58.1 Å². The largest absolute Gasteiger partial charge is 0.313 e. The Hall–Kier alpha value is -0.670. The van der Waals surface area contributed by atoms with E-state index < -0.39 is 0 Å². The predicted molar refractivity (Wildman–Crippen MR) is 89.0 cm³/mol. The van der Waals surface area contributed by atoms with E-state index in [9.17, 15) is 0 Å². The van der Waals surface area contributed by atoms with Crippen molar-refractivity contribution >= 4 is 35.0 Å². The Kier molecular flexibility index (Phi) is 6.24. The van der Waals surface area contributed by atoms with Gasteiger partial charge >= 0.3 is 0 Å². The van der Waals surface area contributed by atoms with Crippen LogP contribution in [0.5, 0.6) is 0 Å². The predicted octanol–water partition coefficient (Wildman–Crippen LogP) is 5.64. The van der Waals surface area contributed by atoms with Crippen LogP contribution >= 0.6 is 35.0 Å². The zero-order chi connectivity index (χ0) is 14.4. The average Bonchev–Trinajstić information content (AvgIpc) is 2.45. The molecule has 106 valence electrons. The SMILES string of the molecule is CCCNCc1ccccc1Sc1ccc(Cl)c(Cl)c1. The van der Waals surface area contributed by atoms with Crippen molar-refractivity contribution in [3.8, 4) is 0 Å². The zero-order valence-electron chi connectivity index (χ0n) is 11.3. The number of hydrogen-bond donors (Lipinski definition) is 1. The van der Waals surface area contributed by atoms with Crippen molar-refractivity contribution in [1.82, 2.24) is 5.32 Å². The van der Waals surface area contributed by atoms with Crippen LogP contribution < -0.4 is 5.32 Å². The fourth-order valence-electron chi connectivity index (χ4n) is 1.82. The molecule has 0 atom stereocenters. The van der Waals surface area contributed by atoms with E-state index in [1.807, 2.05) is 18.2 Å². The third-order valence-electron chi connectivity index (χ3n) is 2.83. The van der Waals surface area contributed by atoms with E-state index >= 15 is 0 Å². The summed E-state index contributed by atoms with van der Waals surface area (Å²) >= 11 is 13.7. The van der Waals surface area contributed by atoms with Gasteiger partial charge in [-0.25, -0.2) is 0 Å². The van der Waals surface area contributed by atoms with Gasteiger partial charge in [0.15, 0.2) is 0 Å². The van der Waals surface area contributed by atoms with Crippen LogP contribution in [0.1, 0.15) is 18.9 Å². The summed E-state index contributed by atoms with van der Waals surface area (Å²) < 4.78 is 0. The van der Waals surface area contributed by atoms with Gasteiger partial charge in [0.1, 0.15) is 0 Å². The maximum atomic E-state index is 6.06. The second-order valence-electron chi connectivity index (χ2n) is 4.46. The van der Waals surface area contributed by atoms with Crippen molar-refractivity contribution in [1.29, 1.82) is 0 Å². The highest BCUT2D eigenvalue weighted by molar-refractivity contribution is 7.99. The quantitative estimate of drug-likeness (QED) is 0.689. The Morgan fingerprint density at radius 1 is 1.05 bits per heavy atom. The molecular formula is C16H17Cl2NS. The Bertz CT molecular complexity index is 572. The number of halogens is 2. The molecule has 20 heavy (non-hydrogen) atoms. The zero-order valence-corrected chi connectivity index (χ0v) is 13.7. The molecule has 0 aliphatic heterocycles. The van der Waals surface area contributed by atoms with Crippen LogP contribution in [0.25, 0.3) is 0 Å². The van der Waals surface area contributed by atoms with Crippen molar-refractivity contribution in [3.63, 3.8) is 0 Å². The first-order chi connectivity index (χ1) is 9.70. The topological polar surface area (TPSA) is 12.0 Å². The van der Waals surface area contributed by atoms with Crippen molar-refractivity contribution in [2.24, 2.45) is 0 Å². The van der Waals surface area contributed by atoms with E-state index in [4.69, 9.17) is 23.2 Å². The summed E-state index contributed by atoms with van der Waals surface area (Å²) in [5.41, 5.74) is 1.30. The molecular weight excluding hydrogens is 309 g/mol. The summed E-state index contributed by atoms with van der Waals surface area (Å²) in [6, 6.07) is 14.2. The first-order valence-electron chi connectivity index (χ1n) is 6.62. The molecule has 4 heteroatoms. The van der Waals surface area contributed by atoms with E-state index in [0.717, 1.165) is 24.4 Å². The van der Waals surface area contributed by atoms with Gasteiger partial charge < -0.3 is 5.32 Å². The first kappa shape index (κ1) is 15.7. The minimum absolute atomic E-state index is 0.592. The monoisotopic (exact) mass is 325 g/mol. The van der Waals surface area contributed by atoms with Gasteiger partial charge in [-0.05, 0) is 42.8 Å². The molecule has 0 fully saturated rings. The van der Waals surface area contributed by atoms with Crippen LogP contribution in [0.15, 0.2) is 52.3 Å². The molecule has 0 unspecified atom stereocenters. The summed E-state index contributed by atoms with van der Waals surface area (Å²) in [4.78, 5) is 2.34. The maximum Gasteiger partial charge on any atom is 0.0603 e. The van der Waals surface area contributed by atoms with E-state index in [0.29, 0.717) is 10.0 Å². The minimum atomic E-state index is 0.592. The highest BCUT2D eigenvalue weighted by atomic mass is 35.5. The molecule has 0 saturated heterocycles. The minimum Gasteiger partial charge on any atom is -0.313 e. The smallest absolute Gasteiger partial charge is 0.0603 e. The maximum absolute atomic E-state index is 6.06. The van der Waals surface area contributed by atoms with Gasteiger partial charge in [0.2, 0.25) is 0 Å². The van der Waals surface area contributed by atoms with E-state index in [-0.39, 0.29) is 0 Å². The number of hydrogen-bond acceptors (Lipinski definition) is 2. The van der Waals surface area contributed by atoms with Gasteiger partial charge in [0.05, 0.1) is 10.0 Å². The lowest BCUT2D eigenvalue weighted by Crippen LogP contribution is -2.14. The summed E-state index contributed by atoms with van der Waals surface area (Å²) in [7, 11) is 0. The molecule has 0 amide bonds. The van der Waals surface area contributed by atoms with Gasteiger partial charge in [-0.3, -0.25) is 0 Å². The van der Waals surface area contributed by atoms with Crippen molar-refractivity contribution in [2.45, 2.75) is 29.7 Å². The average molecular weight is 326 g/mol. The lowest BCUT2D eigenvalue weighted by atomic mass is 10.2. The second-order valence-corrected chi connectivity index (χ2v) is 6.39. The molecule has 0 spiro atoms. The molecule has 1 nitrogen and oxygen atoms in total. The standard InChI is InChI=1S/C16H17Cl2NS/c1-2-9-19-11-12-5-3-4-6-16(12)20-13-7-8-14(17)15(18)10-13/h3-8,10,19H,2,9,11H2,1H3. The number of benzene rings is 2. The second kappa shape index (κ2) is 7.94. The molecule has 0 saturated carbocycles. The van der Waals surface area contributed by atoms with Crippen LogP contribution in [0.3, 0.4) is 0 Å². The molecule has 1 N–H and O–H groups in total. The Morgan fingerprint density at radius 3 is 2.60 bits per heavy atom. The summed E-state index contributed by atoms with van der Waals surface area (Å²) in [5, 5.41) is 4.62. The van der Waals surface area contributed by atoms with Gasteiger partial charge in [0, 0.05) is 16.3 Å². The van der Waals surface area contributed by atoms with Gasteiger partial charge in [-0.2, -0.15) is 0 Å². The lowest BCUT2D eigenvalue weighted by molar-refractivity contribution is 0.669. The Balaban J connectivity index is 2.13. The Morgan fingerprint density at radius 2 is 1.85 bits per heavy atom. The van der Waals surface area contributed by atoms with Crippen LogP contribution in [0, 0.1) is 0 Å². The van der Waals surface area contributed by atoms with Gasteiger partial charge in [0.25, 0.3) is 0 Å². The third kappa shape index (κ3) is 4.42. The van der Waals surface area contributed by atoms with E-state index in [1.165, 1.54) is 10.5 Å².